The number of nitrogens with one attached hydrogen (secondary N) is 2. The van der Waals surface area contributed by atoms with Crippen LogP contribution in [0.5, 0.6) is 0 Å². The number of rotatable bonds is 5. The van der Waals surface area contributed by atoms with Crippen LogP contribution in [0.1, 0.15) is 24.4 Å². The van der Waals surface area contributed by atoms with E-state index in [0.29, 0.717) is 6.04 Å². The molecule has 3 rings (SSSR count). The maximum absolute atomic E-state index is 4.46. The van der Waals surface area contributed by atoms with E-state index in [4.69, 9.17) is 0 Å². The van der Waals surface area contributed by atoms with E-state index >= 15 is 0 Å². The van der Waals surface area contributed by atoms with E-state index in [1.165, 1.54) is 5.56 Å². The third kappa shape index (κ3) is 4.69. The first-order valence-electron chi connectivity index (χ1n) is 8.82. The maximum Gasteiger partial charge on any atom is 0.191 e. The summed E-state index contributed by atoms with van der Waals surface area (Å²) in [4.78, 5) is 9.53. The molecule has 5 nitrogen and oxygen atoms in total. The molecule has 0 radical (unpaired) electrons. The van der Waals surface area contributed by atoms with E-state index in [1.807, 2.05) is 0 Å². The highest BCUT2D eigenvalue weighted by molar-refractivity contribution is 5.80. The van der Waals surface area contributed by atoms with Crippen molar-refractivity contribution in [3.63, 3.8) is 0 Å². The van der Waals surface area contributed by atoms with Crippen LogP contribution in [0.25, 0.3) is 0 Å². The molecule has 2 N–H and O–H groups in total. The van der Waals surface area contributed by atoms with Crippen molar-refractivity contribution in [3.8, 4) is 0 Å². The number of nitrogens with zero attached hydrogens (tertiary/aromatic N) is 3. The minimum Gasteiger partial charge on any atom is -0.356 e. The van der Waals surface area contributed by atoms with E-state index in [-0.39, 0.29) is 0 Å². The predicted molar refractivity (Wildman–Crippen MR) is 95.8 cm³/mol. The van der Waals surface area contributed by atoms with Gasteiger partial charge in [0.05, 0.1) is 0 Å². The van der Waals surface area contributed by atoms with Crippen LogP contribution in [0.15, 0.2) is 35.3 Å². The van der Waals surface area contributed by atoms with E-state index in [9.17, 15) is 0 Å². The Morgan fingerprint density at radius 1 is 1.26 bits per heavy atom. The van der Waals surface area contributed by atoms with Gasteiger partial charge in [0, 0.05) is 51.9 Å². The van der Waals surface area contributed by atoms with E-state index in [2.05, 4.69) is 62.8 Å². The summed E-state index contributed by atoms with van der Waals surface area (Å²) in [6.07, 6.45) is 2.29. The second-order valence-corrected chi connectivity index (χ2v) is 6.52. The van der Waals surface area contributed by atoms with Gasteiger partial charge in [0.15, 0.2) is 5.96 Å². The highest BCUT2D eigenvalue weighted by Crippen LogP contribution is 2.24. The Hall–Kier alpha value is -1.59. The molecule has 23 heavy (non-hydrogen) atoms. The molecule has 1 unspecified atom stereocenters. The van der Waals surface area contributed by atoms with Crippen molar-refractivity contribution in [2.24, 2.45) is 4.99 Å². The summed E-state index contributed by atoms with van der Waals surface area (Å²) < 4.78 is 0. The fraction of sp³-hybridized carbons (Fsp3) is 0.611. The Kier molecular flexibility index (Phi) is 5.88. The first-order valence-corrected chi connectivity index (χ1v) is 8.82. The highest BCUT2D eigenvalue weighted by atomic mass is 15.3. The number of aliphatic imine (C=N–C) groups is 1. The summed E-state index contributed by atoms with van der Waals surface area (Å²) in [5.74, 6) is 0.981. The monoisotopic (exact) mass is 315 g/mol. The normalized spacial score (nSPS) is 23.2. The molecule has 1 aromatic rings. The van der Waals surface area contributed by atoms with Gasteiger partial charge in [-0.05, 0) is 25.5 Å². The second kappa shape index (κ2) is 8.31. The summed E-state index contributed by atoms with van der Waals surface area (Å²) >= 11 is 0. The third-order valence-corrected chi connectivity index (χ3v) is 4.69. The summed E-state index contributed by atoms with van der Waals surface area (Å²) in [5, 5.41) is 6.74. The zero-order valence-electron chi connectivity index (χ0n) is 14.2. The lowest BCUT2D eigenvalue weighted by molar-refractivity contribution is 0.0891. The minimum atomic E-state index is 0.514. The average molecular weight is 315 g/mol. The molecular formula is C18H29N5. The highest BCUT2D eigenvalue weighted by Gasteiger charge is 2.25. The van der Waals surface area contributed by atoms with Gasteiger partial charge in [0.2, 0.25) is 0 Å². The topological polar surface area (TPSA) is 42.9 Å². The van der Waals surface area contributed by atoms with Crippen molar-refractivity contribution >= 4 is 5.96 Å². The fourth-order valence-electron chi connectivity index (χ4n) is 3.36. The Morgan fingerprint density at radius 2 is 2.13 bits per heavy atom. The van der Waals surface area contributed by atoms with Crippen molar-refractivity contribution in [1.29, 1.82) is 0 Å². The van der Waals surface area contributed by atoms with Gasteiger partial charge in [0.1, 0.15) is 0 Å². The van der Waals surface area contributed by atoms with Gasteiger partial charge in [-0.3, -0.25) is 9.89 Å². The van der Waals surface area contributed by atoms with Crippen LogP contribution in [-0.4, -0.2) is 68.6 Å². The van der Waals surface area contributed by atoms with Gasteiger partial charge in [-0.2, -0.15) is 0 Å². The molecule has 126 valence electrons. The second-order valence-electron chi connectivity index (χ2n) is 6.52. The van der Waals surface area contributed by atoms with E-state index < -0.39 is 0 Å². The molecule has 2 aliphatic heterocycles. The Morgan fingerprint density at radius 3 is 2.91 bits per heavy atom. The summed E-state index contributed by atoms with van der Waals surface area (Å²) in [6, 6.07) is 11.4. The van der Waals surface area contributed by atoms with Crippen LogP contribution >= 0.6 is 0 Å². The van der Waals surface area contributed by atoms with Gasteiger partial charge >= 0.3 is 0 Å². The van der Waals surface area contributed by atoms with Crippen LogP contribution in [0.4, 0.5) is 0 Å². The Bertz CT molecular complexity index is 501. The largest absolute Gasteiger partial charge is 0.356 e. The van der Waals surface area contributed by atoms with E-state index in [1.54, 1.807) is 0 Å². The molecule has 0 amide bonds. The van der Waals surface area contributed by atoms with Crippen molar-refractivity contribution in [3.05, 3.63) is 35.9 Å². The number of likely N-dealkylation sites (N-methyl/N-ethyl adjacent to an activating group) is 1. The average Bonchev–Trinajstić information content (AvgIpc) is 2.61. The molecule has 1 aromatic carbocycles. The number of hydrogen-bond donors (Lipinski definition) is 2. The molecule has 5 heteroatoms. The smallest absolute Gasteiger partial charge is 0.191 e. The third-order valence-electron chi connectivity index (χ3n) is 4.69. The molecule has 0 aromatic heterocycles. The van der Waals surface area contributed by atoms with Crippen LogP contribution in [-0.2, 0) is 0 Å². The zero-order chi connectivity index (χ0) is 15.9. The Balaban J connectivity index is 1.49. The maximum atomic E-state index is 4.46. The molecule has 1 saturated heterocycles. The van der Waals surface area contributed by atoms with E-state index in [0.717, 1.165) is 64.6 Å². The molecule has 0 aliphatic carbocycles. The first-order chi connectivity index (χ1) is 11.3. The lowest BCUT2D eigenvalue weighted by atomic mass is 10.0. The molecule has 0 bridgehead atoms. The number of guanidine groups is 1. The quantitative estimate of drug-likeness (QED) is 0.804. The molecule has 0 saturated carbocycles. The fourth-order valence-corrected chi connectivity index (χ4v) is 3.36. The summed E-state index contributed by atoms with van der Waals surface area (Å²) in [5.41, 5.74) is 1.44. The number of benzene rings is 1. The van der Waals surface area contributed by atoms with Gasteiger partial charge in [-0.25, -0.2) is 0 Å². The van der Waals surface area contributed by atoms with Crippen LogP contribution in [0, 0.1) is 0 Å². The van der Waals surface area contributed by atoms with Crippen LogP contribution in [0.2, 0.25) is 0 Å². The lowest BCUT2D eigenvalue weighted by Crippen LogP contribution is -2.47. The van der Waals surface area contributed by atoms with Crippen molar-refractivity contribution < 1.29 is 0 Å². The number of hydrogen-bond acceptors (Lipinski definition) is 5. The molecule has 1 fully saturated rings. The molecule has 1 atom stereocenters. The van der Waals surface area contributed by atoms with Crippen molar-refractivity contribution in [2.75, 3.05) is 52.9 Å². The van der Waals surface area contributed by atoms with Crippen LogP contribution < -0.4 is 10.6 Å². The van der Waals surface area contributed by atoms with Crippen LogP contribution in [0.3, 0.4) is 0 Å². The number of piperazine rings is 1. The first kappa shape index (κ1) is 16.3. The summed E-state index contributed by atoms with van der Waals surface area (Å²) in [6.45, 7) is 7.53. The minimum absolute atomic E-state index is 0.514. The molecule has 0 spiro atoms. The van der Waals surface area contributed by atoms with Crippen molar-refractivity contribution in [1.82, 2.24) is 20.4 Å². The molecule has 2 aliphatic rings. The molecular weight excluding hydrogens is 286 g/mol. The Labute approximate surface area is 139 Å². The SMILES string of the molecule is CN1CCN(CCCNC2=NCCCN2)C(c2ccccc2)C1. The van der Waals surface area contributed by atoms with Gasteiger partial charge in [0.25, 0.3) is 0 Å². The van der Waals surface area contributed by atoms with Crippen molar-refractivity contribution in [2.45, 2.75) is 18.9 Å². The predicted octanol–water partition coefficient (Wildman–Crippen LogP) is 1.30. The summed E-state index contributed by atoms with van der Waals surface area (Å²) in [7, 11) is 2.22. The lowest BCUT2D eigenvalue weighted by Gasteiger charge is -2.40. The van der Waals surface area contributed by atoms with Gasteiger partial charge in [-0.1, -0.05) is 30.3 Å². The van der Waals surface area contributed by atoms with Gasteiger partial charge in [-0.15, -0.1) is 0 Å². The molecule has 2 heterocycles. The van der Waals surface area contributed by atoms with Gasteiger partial charge < -0.3 is 15.5 Å². The standard InChI is InChI=1S/C18H29N5/c1-22-13-14-23(17(15-22)16-7-3-2-4-8-16)12-6-11-21-18-19-9-5-10-20-18/h2-4,7-8,17H,5-6,9-15H2,1H3,(H2,19,20,21). The zero-order valence-corrected chi connectivity index (χ0v) is 14.2.